The van der Waals surface area contributed by atoms with Gasteiger partial charge in [-0.15, -0.1) is 0 Å². The number of carbonyl (C=O) groups excluding carboxylic acids is 1. The van der Waals surface area contributed by atoms with E-state index in [1.807, 2.05) is 19.1 Å². The van der Waals surface area contributed by atoms with Gasteiger partial charge in [0.05, 0.1) is 23.8 Å². The molecule has 1 aromatic heterocycles. The number of hydrogen-bond acceptors (Lipinski definition) is 5. The lowest BCUT2D eigenvalue weighted by Crippen LogP contribution is -2.13. The SMILES string of the molecule is CCCc1c2cccc(N)c2c(C(=O)OCC)c2c(=O)ccoc12. The Morgan fingerprint density at radius 3 is 2.71 bits per heavy atom. The smallest absolute Gasteiger partial charge is 0.339 e. The van der Waals surface area contributed by atoms with Crippen LogP contribution in [-0.4, -0.2) is 12.6 Å². The number of nitrogen functional groups attached to an aromatic ring is 1. The van der Waals surface area contributed by atoms with Crippen molar-refractivity contribution in [3.05, 3.63) is 51.9 Å². The predicted octanol–water partition coefficient (Wildman–Crippen LogP) is 3.66. The van der Waals surface area contributed by atoms with Crippen LogP contribution < -0.4 is 11.2 Å². The zero-order valence-corrected chi connectivity index (χ0v) is 13.7. The molecule has 3 aromatic rings. The summed E-state index contributed by atoms with van der Waals surface area (Å²) in [5.74, 6) is -0.563. The quantitative estimate of drug-likeness (QED) is 0.450. The number of ether oxygens (including phenoxy) is 1. The number of anilines is 1. The second kappa shape index (κ2) is 6.35. The number of aryl methyl sites for hydroxylation is 1. The molecule has 0 radical (unpaired) electrons. The Balaban J connectivity index is 2.61. The van der Waals surface area contributed by atoms with E-state index in [4.69, 9.17) is 14.9 Å². The third kappa shape index (κ3) is 2.42. The minimum atomic E-state index is -0.563. The monoisotopic (exact) mass is 325 g/mol. The zero-order valence-electron chi connectivity index (χ0n) is 13.7. The van der Waals surface area contributed by atoms with Gasteiger partial charge in [-0.05, 0) is 24.8 Å². The highest BCUT2D eigenvalue weighted by Crippen LogP contribution is 2.35. The average molecular weight is 325 g/mol. The largest absolute Gasteiger partial charge is 0.464 e. The number of nitrogens with two attached hydrogens (primary N) is 1. The highest BCUT2D eigenvalue weighted by molar-refractivity contribution is 6.20. The summed E-state index contributed by atoms with van der Waals surface area (Å²) in [7, 11) is 0. The summed E-state index contributed by atoms with van der Waals surface area (Å²) in [4.78, 5) is 25.1. The number of benzene rings is 2. The molecule has 5 nitrogen and oxygen atoms in total. The van der Waals surface area contributed by atoms with Crippen molar-refractivity contribution in [2.75, 3.05) is 12.3 Å². The van der Waals surface area contributed by atoms with Crippen LogP contribution in [0.2, 0.25) is 0 Å². The fourth-order valence-electron chi connectivity index (χ4n) is 3.13. The Morgan fingerprint density at radius 2 is 2.00 bits per heavy atom. The van der Waals surface area contributed by atoms with Crippen LogP contribution in [0.25, 0.3) is 21.7 Å². The average Bonchev–Trinajstić information content (AvgIpc) is 2.56. The van der Waals surface area contributed by atoms with Crippen LogP contribution in [0.5, 0.6) is 0 Å². The first-order valence-corrected chi connectivity index (χ1v) is 8.01. The maximum absolute atomic E-state index is 12.6. The summed E-state index contributed by atoms with van der Waals surface area (Å²) in [5, 5.41) is 1.62. The topological polar surface area (TPSA) is 82.5 Å². The molecule has 0 saturated carbocycles. The molecule has 0 saturated heterocycles. The lowest BCUT2D eigenvalue weighted by molar-refractivity contribution is 0.0531. The first kappa shape index (κ1) is 16.1. The maximum atomic E-state index is 12.6. The fourth-order valence-corrected chi connectivity index (χ4v) is 3.13. The maximum Gasteiger partial charge on any atom is 0.339 e. The highest BCUT2D eigenvalue weighted by Gasteiger charge is 2.24. The first-order chi connectivity index (χ1) is 11.6. The summed E-state index contributed by atoms with van der Waals surface area (Å²) >= 11 is 0. The Kier molecular flexibility index (Phi) is 4.25. The van der Waals surface area contributed by atoms with E-state index in [1.54, 1.807) is 13.0 Å². The molecule has 2 N–H and O–H groups in total. The molecule has 0 bridgehead atoms. The third-order valence-corrected chi connectivity index (χ3v) is 4.05. The molecule has 124 valence electrons. The van der Waals surface area contributed by atoms with Gasteiger partial charge in [0, 0.05) is 22.7 Å². The van der Waals surface area contributed by atoms with E-state index in [0.29, 0.717) is 23.1 Å². The van der Waals surface area contributed by atoms with Crippen LogP contribution in [0.4, 0.5) is 5.69 Å². The van der Waals surface area contributed by atoms with E-state index in [1.165, 1.54) is 12.3 Å². The molecular weight excluding hydrogens is 306 g/mol. The van der Waals surface area contributed by atoms with Crippen LogP contribution in [0, 0.1) is 0 Å². The van der Waals surface area contributed by atoms with Crippen LogP contribution in [0.1, 0.15) is 36.2 Å². The molecule has 24 heavy (non-hydrogen) atoms. The molecule has 0 atom stereocenters. The van der Waals surface area contributed by atoms with Gasteiger partial charge in [0.2, 0.25) is 0 Å². The Morgan fingerprint density at radius 1 is 1.21 bits per heavy atom. The van der Waals surface area contributed by atoms with E-state index < -0.39 is 5.97 Å². The third-order valence-electron chi connectivity index (χ3n) is 4.05. The van der Waals surface area contributed by atoms with Crippen molar-refractivity contribution in [3.63, 3.8) is 0 Å². The van der Waals surface area contributed by atoms with E-state index in [2.05, 4.69) is 0 Å². The minimum absolute atomic E-state index is 0.189. The Bertz CT molecular complexity index is 988. The van der Waals surface area contributed by atoms with E-state index in [-0.39, 0.29) is 23.0 Å². The van der Waals surface area contributed by atoms with E-state index >= 15 is 0 Å². The Hall–Kier alpha value is -2.82. The van der Waals surface area contributed by atoms with E-state index in [9.17, 15) is 9.59 Å². The van der Waals surface area contributed by atoms with Crippen molar-refractivity contribution in [1.82, 2.24) is 0 Å². The summed E-state index contributed by atoms with van der Waals surface area (Å²) < 4.78 is 10.8. The highest BCUT2D eigenvalue weighted by atomic mass is 16.5. The number of carbonyl (C=O) groups is 1. The van der Waals surface area contributed by atoms with Gasteiger partial charge in [0.15, 0.2) is 5.43 Å². The Labute approximate surface area is 139 Å². The molecule has 0 aliphatic heterocycles. The molecule has 5 heteroatoms. The van der Waals surface area contributed by atoms with Crippen molar-refractivity contribution in [2.24, 2.45) is 0 Å². The normalized spacial score (nSPS) is 11.1. The summed E-state index contributed by atoms with van der Waals surface area (Å²) in [6.45, 7) is 3.98. The summed E-state index contributed by atoms with van der Waals surface area (Å²) in [6.07, 6.45) is 2.94. The molecule has 0 fully saturated rings. The first-order valence-electron chi connectivity index (χ1n) is 8.01. The van der Waals surface area contributed by atoms with Crippen molar-refractivity contribution >= 4 is 33.4 Å². The molecule has 0 spiro atoms. The lowest BCUT2D eigenvalue weighted by Gasteiger charge is -2.15. The molecule has 0 aliphatic carbocycles. The van der Waals surface area contributed by atoms with Gasteiger partial charge in [0.25, 0.3) is 0 Å². The molecular formula is C19H19NO4. The van der Waals surface area contributed by atoms with Gasteiger partial charge in [-0.25, -0.2) is 4.79 Å². The molecule has 3 rings (SSSR count). The second-order valence-electron chi connectivity index (χ2n) is 5.58. The van der Waals surface area contributed by atoms with Gasteiger partial charge in [-0.1, -0.05) is 25.5 Å². The molecule has 1 heterocycles. The number of esters is 1. The van der Waals surface area contributed by atoms with Crippen molar-refractivity contribution in [3.8, 4) is 0 Å². The molecule has 0 unspecified atom stereocenters. The predicted molar refractivity (Wildman–Crippen MR) is 94.4 cm³/mol. The number of rotatable bonds is 4. The van der Waals surface area contributed by atoms with Gasteiger partial charge < -0.3 is 14.9 Å². The van der Waals surface area contributed by atoms with Crippen molar-refractivity contribution in [1.29, 1.82) is 0 Å². The van der Waals surface area contributed by atoms with Crippen LogP contribution in [0.3, 0.4) is 0 Å². The van der Waals surface area contributed by atoms with Crippen molar-refractivity contribution in [2.45, 2.75) is 26.7 Å². The fraction of sp³-hybridized carbons (Fsp3) is 0.263. The molecule has 2 aromatic carbocycles. The molecule has 0 aliphatic rings. The standard InChI is InChI=1S/C19H19NO4/c1-3-6-12-11-7-5-8-13(20)15(11)17(19(22)23-4-2)16-14(21)9-10-24-18(12)16/h5,7-10H,3-4,6,20H2,1-2H3. The minimum Gasteiger partial charge on any atom is -0.464 e. The van der Waals surface area contributed by atoms with Crippen LogP contribution >= 0.6 is 0 Å². The lowest BCUT2D eigenvalue weighted by atomic mass is 9.92. The number of hydrogen-bond donors (Lipinski definition) is 1. The molecule has 0 amide bonds. The van der Waals surface area contributed by atoms with Crippen molar-refractivity contribution < 1.29 is 13.9 Å². The number of fused-ring (bicyclic) bond motifs is 2. The van der Waals surface area contributed by atoms with Gasteiger partial charge in [-0.2, -0.15) is 0 Å². The summed E-state index contributed by atoms with van der Waals surface area (Å²) in [5.41, 5.74) is 7.84. The zero-order chi connectivity index (χ0) is 17.3. The van der Waals surface area contributed by atoms with Gasteiger partial charge in [0.1, 0.15) is 5.58 Å². The van der Waals surface area contributed by atoms with Gasteiger partial charge >= 0.3 is 5.97 Å². The van der Waals surface area contributed by atoms with E-state index in [0.717, 1.165) is 17.4 Å². The van der Waals surface area contributed by atoms with Crippen LogP contribution in [-0.2, 0) is 11.2 Å². The summed E-state index contributed by atoms with van der Waals surface area (Å²) in [6, 6.07) is 6.76. The van der Waals surface area contributed by atoms with Gasteiger partial charge in [-0.3, -0.25) is 4.79 Å². The second-order valence-corrected chi connectivity index (χ2v) is 5.58. The van der Waals surface area contributed by atoms with Crippen LogP contribution in [0.15, 0.2) is 39.7 Å².